The van der Waals surface area contributed by atoms with E-state index >= 15 is 0 Å². The van der Waals surface area contributed by atoms with Gasteiger partial charge in [-0.15, -0.1) is 24.2 Å². The van der Waals surface area contributed by atoms with Crippen LogP contribution in [0.3, 0.4) is 0 Å². The van der Waals surface area contributed by atoms with Gasteiger partial charge in [-0.1, -0.05) is 37.5 Å². The van der Waals surface area contributed by atoms with E-state index in [0.29, 0.717) is 6.54 Å². The maximum absolute atomic E-state index is 12.0. The van der Waals surface area contributed by atoms with Gasteiger partial charge in [-0.25, -0.2) is 0 Å². The molecule has 3 nitrogen and oxygen atoms in total. The summed E-state index contributed by atoms with van der Waals surface area (Å²) < 4.78 is 0.152. The SMILES string of the molecule is Cc1ccc(SC2(CNC(=O)C(C)CN)CCCC2)cc1.Cl. The first-order chi connectivity index (χ1) is 10.0. The van der Waals surface area contributed by atoms with Gasteiger partial charge in [0.05, 0.1) is 0 Å². The molecule has 22 heavy (non-hydrogen) atoms. The van der Waals surface area contributed by atoms with Gasteiger partial charge in [0.25, 0.3) is 0 Å². The Morgan fingerprint density at radius 1 is 1.32 bits per heavy atom. The molecule has 1 atom stereocenters. The summed E-state index contributed by atoms with van der Waals surface area (Å²) >= 11 is 1.92. The number of carbonyl (C=O) groups is 1. The zero-order valence-corrected chi connectivity index (χ0v) is 15.1. The molecule has 0 saturated heterocycles. The summed E-state index contributed by atoms with van der Waals surface area (Å²) in [6.45, 7) is 5.14. The summed E-state index contributed by atoms with van der Waals surface area (Å²) in [5.74, 6) is -0.0268. The maximum atomic E-state index is 12.0. The highest BCUT2D eigenvalue weighted by Crippen LogP contribution is 2.44. The minimum absolute atomic E-state index is 0. The lowest BCUT2D eigenvalue weighted by Crippen LogP contribution is -2.42. The van der Waals surface area contributed by atoms with Crippen molar-refractivity contribution in [3.8, 4) is 0 Å². The Balaban J connectivity index is 0.00000242. The first-order valence-electron chi connectivity index (χ1n) is 7.78. The van der Waals surface area contributed by atoms with Crippen LogP contribution in [0.25, 0.3) is 0 Å². The number of carbonyl (C=O) groups excluding carboxylic acids is 1. The summed E-state index contributed by atoms with van der Waals surface area (Å²) in [4.78, 5) is 13.3. The van der Waals surface area contributed by atoms with Crippen molar-refractivity contribution in [2.24, 2.45) is 11.7 Å². The van der Waals surface area contributed by atoms with E-state index in [0.717, 1.165) is 6.54 Å². The zero-order chi connectivity index (χ0) is 15.3. The number of halogens is 1. The van der Waals surface area contributed by atoms with Crippen LogP contribution in [0, 0.1) is 12.8 Å². The van der Waals surface area contributed by atoms with Crippen molar-refractivity contribution in [1.82, 2.24) is 5.32 Å². The molecule has 5 heteroatoms. The fraction of sp³-hybridized carbons (Fsp3) is 0.588. The predicted molar refractivity (Wildman–Crippen MR) is 96.7 cm³/mol. The molecule has 124 valence electrons. The van der Waals surface area contributed by atoms with Gasteiger partial charge < -0.3 is 11.1 Å². The van der Waals surface area contributed by atoms with E-state index in [1.807, 2.05) is 18.7 Å². The number of nitrogens with two attached hydrogens (primary N) is 1. The third-order valence-electron chi connectivity index (χ3n) is 4.26. The van der Waals surface area contributed by atoms with Crippen molar-refractivity contribution < 1.29 is 4.79 Å². The molecule has 1 fully saturated rings. The minimum atomic E-state index is -0.104. The van der Waals surface area contributed by atoms with Crippen LogP contribution in [0.15, 0.2) is 29.2 Å². The highest BCUT2D eigenvalue weighted by molar-refractivity contribution is 8.00. The highest BCUT2D eigenvalue weighted by Gasteiger charge is 2.35. The van der Waals surface area contributed by atoms with E-state index in [-0.39, 0.29) is 29.0 Å². The Morgan fingerprint density at radius 2 is 1.91 bits per heavy atom. The number of thioether (sulfide) groups is 1. The van der Waals surface area contributed by atoms with Crippen molar-refractivity contribution >= 4 is 30.1 Å². The lowest BCUT2D eigenvalue weighted by molar-refractivity contribution is -0.124. The molecule has 1 amide bonds. The summed E-state index contributed by atoms with van der Waals surface area (Å²) in [5, 5.41) is 3.11. The van der Waals surface area contributed by atoms with Crippen molar-refractivity contribution in [3.63, 3.8) is 0 Å². The highest BCUT2D eigenvalue weighted by atomic mass is 35.5. The molecule has 3 N–H and O–H groups in total. The molecule has 0 bridgehead atoms. The average Bonchev–Trinajstić information content (AvgIpc) is 2.95. The van der Waals surface area contributed by atoms with E-state index in [9.17, 15) is 4.79 Å². The summed E-state index contributed by atoms with van der Waals surface area (Å²) in [5.41, 5.74) is 6.84. The van der Waals surface area contributed by atoms with E-state index in [4.69, 9.17) is 5.73 Å². The standard InChI is InChI=1S/C17H26N2OS.ClH/c1-13-5-7-15(8-6-13)21-17(9-3-4-10-17)12-19-16(20)14(2)11-18;/h5-8,14H,3-4,9-12,18H2,1-2H3,(H,19,20);1H. The number of aryl methyl sites for hydroxylation is 1. The minimum Gasteiger partial charge on any atom is -0.354 e. The topological polar surface area (TPSA) is 55.1 Å². The van der Waals surface area contributed by atoms with Crippen LogP contribution in [-0.2, 0) is 4.79 Å². The Bertz CT molecular complexity index is 472. The maximum Gasteiger partial charge on any atom is 0.224 e. The Kier molecular flexibility index (Phi) is 7.74. The number of nitrogens with one attached hydrogen (secondary N) is 1. The van der Waals surface area contributed by atoms with Crippen LogP contribution in [0.2, 0.25) is 0 Å². The molecular weight excluding hydrogens is 316 g/mol. The second-order valence-electron chi connectivity index (χ2n) is 6.16. The van der Waals surface area contributed by atoms with Gasteiger partial charge in [0, 0.05) is 28.6 Å². The molecular formula is C17H27ClN2OS. The normalized spacial score (nSPS) is 17.6. The molecule has 0 radical (unpaired) electrons. The summed E-state index contributed by atoms with van der Waals surface area (Å²) in [6.07, 6.45) is 4.84. The molecule has 1 aromatic carbocycles. The Morgan fingerprint density at radius 3 is 2.45 bits per heavy atom. The van der Waals surface area contributed by atoms with Gasteiger partial charge in [0.1, 0.15) is 0 Å². The van der Waals surface area contributed by atoms with E-state index in [2.05, 4.69) is 36.5 Å². The Hall–Kier alpha value is -0.710. The van der Waals surface area contributed by atoms with Gasteiger partial charge in [0.2, 0.25) is 5.91 Å². The van der Waals surface area contributed by atoms with Gasteiger partial charge >= 0.3 is 0 Å². The average molecular weight is 343 g/mol. The summed E-state index contributed by atoms with van der Waals surface area (Å²) in [6, 6.07) is 8.68. The molecule has 1 aliphatic rings. The van der Waals surface area contributed by atoms with Crippen LogP contribution < -0.4 is 11.1 Å². The lowest BCUT2D eigenvalue weighted by Gasteiger charge is -2.29. The predicted octanol–water partition coefficient (Wildman–Crippen LogP) is 3.53. The van der Waals surface area contributed by atoms with Crippen molar-refractivity contribution in [2.45, 2.75) is 49.2 Å². The molecule has 0 heterocycles. The van der Waals surface area contributed by atoms with Crippen molar-refractivity contribution in [1.29, 1.82) is 0 Å². The van der Waals surface area contributed by atoms with Gasteiger partial charge in [0.15, 0.2) is 0 Å². The fourth-order valence-corrected chi connectivity index (χ4v) is 4.13. The van der Waals surface area contributed by atoms with Gasteiger partial charge in [-0.2, -0.15) is 0 Å². The van der Waals surface area contributed by atoms with Gasteiger partial charge in [-0.05, 0) is 31.9 Å². The number of rotatable bonds is 6. The van der Waals surface area contributed by atoms with E-state index in [1.54, 1.807) is 0 Å². The van der Waals surface area contributed by atoms with Crippen LogP contribution in [0.5, 0.6) is 0 Å². The molecule has 2 rings (SSSR count). The van der Waals surface area contributed by atoms with E-state index < -0.39 is 0 Å². The van der Waals surface area contributed by atoms with E-state index in [1.165, 1.54) is 36.1 Å². The first kappa shape index (κ1) is 19.3. The lowest BCUT2D eigenvalue weighted by atomic mass is 10.1. The molecule has 0 spiro atoms. The van der Waals surface area contributed by atoms with Gasteiger partial charge in [-0.3, -0.25) is 4.79 Å². The van der Waals surface area contributed by atoms with Crippen LogP contribution in [0.4, 0.5) is 0 Å². The monoisotopic (exact) mass is 342 g/mol. The number of benzene rings is 1. The third-order valence-corrected chi connectivity index (χ3v) is 5.75. The summed E-state index contributed by atoms with van der Waals surface area (Å²) in [7, 11) is 0. The van der Waals surface area contributed by atoms with Crippen molar-refractivity contribution in [3.05, 3.63) is 29.8 Å². The molecule has 0 aromatic heterocycles. The quantitative estimate of drug-likeness (QED) is 0.831. The second-order valence-corrected chi connectivity index (χ2v) is 7.70. The smallest absolute Gasteiger partial charge is 0.224 e. The molecule has 1 aliphatic carbocycles. The Labute approximate surface area is 144 Å². The molecule has 1 aromatic rings. The van der Waals surface area contributed by atoms with Crippen molar-refractivity contribution in [2.75, 3.05) is 13.1 Å². The fourth-order valence-electron chi connectivity index (χ4n) is 2.72. The number of hydrogen-bond donors (Lipinski definition) is 2. The molecule has 0 aliphatic heterocycles. The zero-order valence-electron chi connectivity index (χ0n) is 13.4. The van der Waals surface area contributed by atoms with Crippen LogP contribution >= 0.6 is 24.2 Å². The first-order valence-corrected chi connectivity index (χ1v) is 8.60. The van der Waals surface area contributed by atoms with Crippen LogP contribution in [-0.4, -0.2) is 23.7 Å². The number of amides is 1. The largest absolute Gasteiger partial charge is 0.354 e. The number of hydrogen-bond acceptors (Lipinski definition) is 3. The second kappa shape index (κ2) is 8.80. The molecule has 1 saturated carbocycles. The third kappa shape index (κ3) is 5.18. The van der Waals surface area contributed by atoms with Crippen LogP contribution in [0.1, 0.15) is 38.2 Å². The molecule has 1 unspecified atom stereocenters.